The van der Waals surface area contributed by atoms with Crippen LogP contribution < -0.4 is 10.9 Å². The van der Waals surface area contributed by atoms with Gasteiger partial charge in [-0.25, -0.2) is 4.98 Å². The summed E-state index contributed by atoms with van der Waals surface area (Å²) in [6, 6.07) is 12.1. The van der Waals surface area contributed by atoms with Crippen LogP contribution in [0.25, 0.3) is 11.0 Å². The minimum Gasteiger partial charge on any atom is -0.385 e. The molecule has 0 aliphatic rings. The first-order valence-electron chi connectivity index (χ1n) is 7.77. The second-order valence-electron chi connectivity index (χ2n) is 5.48. The van der Waals surface area contributed by atoms with Gasteiger partial charge in [0.2, 0.25) is 11.5 Å². The van der Waals surface area contributed by atoms with Gasteiger partial charge in [-0.1, -0.05) is 18.2 Å². The maximum absolute atomic E-state index is 11.8. The molecule has 0 spiro atoms. The molecule has 1 amide bonds. The van der Waals surface area contributed by atoms with E-state index in [0.717, 1.165) is 11.0 Å². The van der Waals surface area contributed by atoms with Crippen molar-refractivity contribution in [3.8, 4) is 0 Å². The highest BCUT2D eigenvalue weighted by atomic mass is 16.5. The Morgan fingerprint density at radius 3 is 2.84 bits per heavy atom. The van der Waals surface area contributed by atoms with E-state index in [4.69, 9.17) is 4.74 Å². The third-order valence-corrected chi connectivity index (χ3v) is 3.55. The van der Waals surface area contributed by atoms with Crippen molar-refractivity contribution in [2.24, 2.45) is 0 Å². The lowest BCUT2D eigenvalue weighted by Crippen LogP contribution is -2.32. The molecule has 1 unspecified atom stereocenters. The molecule has 0 aliphatic heterocycles. The van der Waals surface area contributed by atoms with Crippen molar-refractivity contribution in [1.82, 2.24) is 20.3 Å². The summed E-state index contributed by atoms with van der Waals surface area (Å²) in [5.41, 5.74) is 1.78. The zero-order chi connectivity index (χ0) is 17.6. The van der Waals surface area contributed by atoms with E-state index in [1.54, 1.807) is 6.07 Å². The zero-order valence-corrected chi connectivity index (χ0v) is 13.4. The van der Waals surface area contributed by atoms with E-state index in [2.05, 4.69) is 20.3 Å². The number of amides is 1. The fourth-order valence-corrected chi connectivity index (χ4v) is 2.35. The smallest absolute Gasteiger partial charge is 0.248 e. The molecule has 1 aromatic carbocycles. The first kappa shape index (κ1) is 16.9. The monoisotopic (exact) mass is 342 g/mol. The van der Waals surface area contributed by atoms with Gasteiger partial charge in [0.25, 0.3) is 0 Å². The van der Waals surface area contributed by atoms with Crippen LogP contribution in [0.1, 0.15) is 17.6 Å². The summed E-state index contributed by atoms with van der Waals surface area (Å²) in [5, 5.41) is 12.5. The average Bonchev–Trinajstić information content (AvgIpc) is 3.02. The number of rotatable bonds is 7. The summed E-state index contributed by atoms with van der Waals surface area (Å²) in [6.45, 7) is -0.00147. The normalized spacial score (nSPS) is 12.2. The van der Waals surface area contributed by atoms with Gasteiger partial charge in [-0.15, -0.1) is 0 Å². The molecule has 2 aromatic heterocycles. The molecule has 0 radical (unpaired) electrons. The number of hydrogen-bond acceptors (Lipinski definition) is 5. The van der Waals surface area contributed by atoms with Crippen molar-refractivity contribution in [3.63, 3.8) is 0 Å². The highest BCUT2D eigenvalue weighted by molar-refractivity contribution is 5.77. The lowest BCUT2D eigenvalue weighted by atomic mass is 10.2. The summed E-state index contributed by atoms with van der Waals surface area (Å²) < 4.78 is 5.32. The predicted octanol–water partition coefficient (Wildman–Crippen LogP) is 0.618. The minimum absolute atomic E-state index is 0.0210. The van der Waals surface area contributed by atoms with Crippen molar-refractivity contribution in [1.29, 1.82) is 0 Å². The average molecular weight is 342 g/mol. The quantitative estimate of drug-likeness (QED) is 0.502. The zero-order valence-electron chi connectivity index (χ0n) is 13.4. The van der Waals surface area contributed by atoms with Crippen molar-refractivity contribution >= 4 is 16.9 Å². The van der Waals surface area contributed by atoms with Gasteiger partial charge >= 0.3 is 0 Å². The Bertz CT molecular complexity index is 885. The number of carbonyl (C=O) groups is 1. The molecule has 130 valence electrons. The molecule has 0 fully saturated rings. The minimum atomic E-state index is -0.992. The number of nitrogens with one attached hydrogen (secondary N) is 3. The van der Waals surface area contributed by atoms with Gasteiger partial charge in [0, 0.05) is 18.3 Å². The van der Waals surface area contributed by atoms with Crippen LogP contribution in [0.15, 0.2) is 47.3 Å². The van der Waals surface area contributed by atoms with Crippen molar-refractivity contribution < 1.29 is 14.6 Å². The maximum atomic E-state index is 11.8. The number of hydrogen-bond donors (Lipinski definition) is 4. The van der Waals surface area contributed by atoms with Gasteiger partial charge < -0.3 is 25.1 Å². The fourth-order valence-electron chi connectivity index (χ4n) is 2.35. The third-order valence-electron chi connectivity index (χ3n) is 3.55. The van der Waals surface area contributed by atoms with Gasteiger partial charge in [-0.3, -0.25) is 9.59 Å². The number of nitrogens with zero attached hydrogens (tertiary/aromatic N) is 1. The Morgan fingerprint density at radius 1 is 1.20 bits per heavy atom. The van der Waals surface area contributed by atoms with E-state index in [0.29, 0.717) is 11.5 Å². The Morgan fingerprint density at radius 2 is 2.04 bits per heavy atom. The molecule has 8 nitrogen and oxygen atoms in total. The van der Waals surface area contributed by atoms with E-state index >= 15 is 0 Å². The number of aliphatic hydroxyl groups is 1. The number of benzene rings is 1. The Balaban J connectivity index is 1.42. The van der Waals surface area contributed by atoms with E-state index in [1.807, 2.05) is 24.3 Å². The van der Waals surface area contributed by atoms with Crippen molar-refractivity contribution in [3.05, 3.63) is 64.3 Å². The number of aromatic nitrogens is 3. The number of H-pyrrole nitrogens is 2. The molecule has 4 N–H and O–H groups in total. The molecule has 2 heterocycles. The van der Waals surface area contributed by atoms with Gasteiger partial charge in [0.1, 0.15) is 25.1 Å². The molecule has 0 saturated carbocycles. The van der Waals surface area contributed by atoms with Crippen LogP contribution in [-0.4, -0.2) is 39.1 Å². The van der Waals surface area contributed by atoms with Crippen LogP contribution in [-0.2, 0) is 16.1 Å². The van der Waals surface area contributed by atoms with E-state index in [9.17, 15) is 14.7 Å². The number of imidazole rings is 1. The van der Waals surface area contributed by atoms with Crippen LogP contribution in [0.4, 0.5) is 0 Å². The molecular formula is C17H18N4O4. The summed E-state index contributed by atoms with van der Waals surface area (Å²) in [5.74, 6) is 0.268. The molecule has 3 rings (SSSR count). The van der Waals surface area contributed by atoms with Gasteiger partial charge in [-0.05, 0) is 18.2 Å². The Hall–Kier alpha value is -2.97. The number of para-hydroxylation sites is 2. The molecule has 25 heavy (non-hydrogen) atoms. The summed E-state index contributed by atoms with van der Waals surface area (Å²) in [4.78, 5) is 32.9. The topological polar surface area (TPSA) is 120 Å². The number of ether oxygens (including phenoxy) is 1. The first-order chi connectivity index (χ1) is 12.1. The molecule has 0 saturated heterocycles. The van der Waals surface area contributed by atoms with Crippen LogP contribution in [0.3, 0.4) is 0 Å². The largest absolute Gasteiger partial charge is 0.385 e. The predicted molar refractivity (Wildman–Crippen MR) is 90.8 cm³/mol. The SMILES string of the molecule is O=C(COCc1nc2ccccc2[nH]1)NCC(O)c1cccc(=O)[nH]1. The molecular weight excluding hydrogens is 324 g/mol. The molecule has 8 heteroatoms. The molecule has 0 bridgehead atoms. The third kappa shape index (κ3) is 4.52. The molecule has 3 aromatic rings. The number of carbonyl (C=O) groups excluding carboxylic acids is 1. The van der Waals surface area contributed by atoms with Gasteiger partial charge in [0.05, 0.1) is 11.0 Å². The van der Waals surface area contributed by atoms with Crippen LogP contribution in [0.5, 0.6) is 0 Å². The van der Waals surface area contributed by atoms with Gasteiger partial charge in [0.15, 0.2) is 0 Å². The van der Waals surface area contributed by atoms with E-state index in [-0.39, 0.29) is 31.2 Å². The number of pyridine rings is 1. The summed E-state index contributed by atoms with van der Waals surface area (Å²) >= 11 is 0. The summed E-state index contributed by atoms with van der Waals surface area (Å²) in [7, 11) is 0. The number of aromatic amines is 2. The second-order valence-corrected chi connectivity index (χ2v) is 5.48. The van der Waals surface area contributed by atoms with Crippen molar-refractivity contribution in [2.75, 3.05) is 13.2 Å². The Labute approximate surface area is 142 Å². The fraction of sp³-hybridized carbons (Fsp3) is 0.235. The maximum Gasteiger partial charge on any atom is 0.248 e. The highest BCUT2D eigenvalue weighted by Crippen LogP contribution is 2.10. The molecule has 0 aliphatic carbocycles. The lowest BCUT2D eigenvalue weighted by Gasteiger charge is -2.11. The first-order valence-corrected chi connectivity index (χ1v) is 7.77. The van der Waals surface area contributed by atoms with E-state index in [1.165, 1.54) is 12.1 Å². The number of fused-ring (bicyclic) bond motifs is 1. The Kier molecular flexibility index (Phi) is 5.22. The second kappa shape index (κ2) is 7.73. The summed E-state index contributed by atoms with van der Waals surface area (Å²) in [6.07, 6.45) is -0.992. The van der Waals surface area contributed by atoms with Crippen molar-refractivity contribution in [2.45, 2.75) is 12.7 Å². The standard InChI is InChI=1S/C17H18N4O4/c22-14(13-6-3-7-16(23)21-13)8-18-17(24)10-25-9-15-19-11-4-1-2-5-12(11)20-15/h1-7,14,22H,8-10H2,(H,18,24)(H,19,20)(H,21,23). The molecule has 1 atom stereocenters. The van der Waals surface area contributed by atoms with Gasteiger partial charge in [-0.2, -0.15) is 0 Å². The highest BCUT2D eigenvalue weighted by Gasteiger charge is 2.10. The van der Waals surface area contributed by atoms with E-state index < -0.39 is 6.10 Å². The van der Waals surface area contributed by atoms with Crippen LogP contribution >= 0.6 is 0 Å². The van der Waals surface area contributed by atoms with Crippen LogP contribution in [0, 0.1) is 0 Å². The lowest BCUT2D eigenvalue weighted by molar-refractivity contribution is -0.126. The van der Waals surface area contributed by atoms with Crippen LogP contribution in [0.2, 0.25) is 0 Å². The number of aliphatic hydroxyl groups excluding tert-OH is 1.